The van der Waals surface area contributed by atoms with Crippen molar-refractivity contribution in [3.63, 3.8) is 0 Å². The number of amides is 3. The van der Waals surface area contributed by atoms with Gasteiger partial charge in [0.05, 0.1) is 22.2 Å². The summed E-state index contributed by atoms with van der Waals surface area (Å²) in [6, 6.07) is 10.6. The minimum absolute atomic E-state index is 0.145. The average molecular weight is 452 g/mol. The molecular formula is C21H23F3N4O4. The van der Waals surface area contributed by atoms with Gasteiger partial charge in [-0.25, -0.2) is 4.79 Å². The fourth-order valence-corrected chi connectivity index (χ4v) is 2.42. The van der Waals surface area contributed by atoms with Crippen molar-refractivity contribution in [1.29, 1.82) is 0 Å². The molecule has 11 heteroatoms. The van der Waals surface area contributed by atoms with Crippen LogP contribution in [0.15, 0.2) is 48.5 Å². The van der Waals surface area contributed by atoms with Gasteiger partial charge in [0.25, 0.3) is 5.91 Å². The number of carbonyl (C=O) groups is 3. The zero-order chi connectivity index (χ0) is 23.9. The van der Waals surface area contributed by atoms with E-state index in [0.29, 0.717) is 11.4 Å². The summed E-state index contributed by atoms with van der Waals surface area (Å²) in [5, 5.41) is 5.14. The van der Waals surface area contributed by atoms with Crippen molar-refractivity contribution in [2.45, 2.75) is 20.0 Å². The lowest BCUT2D eigenvalue weighted by Gasteiger charge is -2.23. The Morgan fingerprint density at radius 2 is 1.56 bits per heavy atom. The van der Waals surface area contributed by atoms with Crippen LogP contribution in [0.1, 0.15) is 29.8 Å². The molecule has 0 bridgehead atoms. The summed E-state index contributed by atoms with van der Waals surface area (Å²) in [7, 11) is 1.38. The lowest BCUT2D eigenvalue weighted by atomic mass is 9.94. The van der Waals surface area contributed by atoms with E-state index in [0.717, 1.165) is 12.1 Å². The molecule has 0 saturated carbocycles. The molecule has 172 valence electrons. The van der Waals surface area contributed by atoms with Crippen molar-refractivity contribution in [2.24, 2.45) is 5.41 Å². The lowest BCUT2D eigenvalue weighted by Crippen LogP contribution is -2.49. The molecular weight excluding hydrogens is 429 g/mol. The highest BCUT2D eigenvalue weighted by Crippen LogP contribution is 2.30. The number of hydrogen-bond donors (Lipinski definition) is 4. The van der Waals surface area contributed by atoms with Crippen molar-refractivity contribution >= 4 is 29.3 Å². The molecule has 32 heavy (non-hydrogen) atoms. The van der Waals surface area contributed by atoms with Crippen LogP contribution in [-0.2, 0) is 15.7 Å². The van der Waals surface area contributed by atoms with E-state index in [1.54, 1.807) is 18.2 Å². The van der Waals surface area contributed by atoms with Gasteiger partial charge < -0.3 is 15.4 Å². The molecule has 2 aromatic carbocycles. The van der Waals surface area contributed by atoms with Crippen molar-refractivity contribution in [3.8, 4) is 0 Å². The summed E-state index contributed by atoms with van der Waals surface area (Å²) in [5.74, 6) is -1.25. The molecule has 0 atom stereocenters. The summed E-state index contributed by atoms with van der Waals surface area (Å²) in [6.45, 7) is 2.83. The van der Waals surface area contributed by atoms with Gasteiger partial charge >= 0.3 is 12.3 Å². The normalized spacial score (nSPS) is 11.3. The topological polar surface area (TPSA) is 109 Å². The molecule has 0 heterocycles. The molecule has 0 unspecified atom stereocenters. The Bertz CT molecular complexity index is 976. The van der Waals surface area contributed by atoms with Gasteiger partial charge in [-0.2, -0.15) is 13.2 Å². The lowest BCUT2D eigenvalue weighted by molar-refractivity contribution is -0.137. The Hall–Kier alpha value is -3.76. The van der Waals surface area contributed by atoms with E-state index in [4.69, 9.17) is 4.74 Å². The Morgan fingerprint density at radius 1 is 0.938 bits per heavy atom. The first-order valence-corrected chi connectivity index (χ1v) is 9.42. The molecule has 0 saturated heterocycles. The smallest absolute Gasteiger partial charge is 0.416 e. The van der Waals surface area contributed by atoms with Crippen LogP contribution in [0.3, 0.4) is 0 Å². The van der Waals surface area contributed by atoms with Crippen LogP contribution in [0.25, 0.3) is 0 Å². The van der Waals surface area contributed by atoms with Crippen LogP contribution in [0.5, 0.6) is 0 Å². The molecule has 0 aliphatic heterocycles. The molecule has 2 rings (SSSR count). The third kappa shape index (κ3) is 6.62. The quantitative estimate of drug-likeness (QED) is 0.501. The predicted octanol–water partition coefficient (Wildman–Crippen LogP) is 3.59. The van der Waals surface area contributed by atoms with Crippen molar-refractivity contribution in [2.75, 3.05) is 19.0 Å². The van der Waals surface area contributed by atoms with Gasteiger partial charge in [0, 0.05) is 12.7 Å². The third-order valence-corrected chi connectivity index (χ3v) is 4.34. The number of ether oxygens (including phenoxy) is 1. The zero-order valence-electron chi connectivity index (χ0n) is 17.6. The standard InChI is InChI=1S/C21H23F3N4O4/c1-20(2,12-32-19(31)25-3)18(30)28-27-17(29)15-6-4-5-7-16(15)26-14-10-8-13(9-11-14)21(22,23)24/h4-11,26H,12H2,1-3H3,(H,25,31)(H,27,29)(H,28,30). The largest absolute Gasteiger partial charge is 0.448 e. The number of carbonyl (C=O) groups excluding carboxylic acids is 3. The molecule has 0 fully saturated rings. The van der Waals surface area contributed by atoms with E-state index >= 15 is 0 Å². The molecule has 0 aliphatic carbocycles. The van der Waals surface area contributed by atoms with Crippen LogP contribution in [0.4, 0.5) is 29.3 Å². The van der Waals surface area contributed by atoms with Gasteiger partial charge in [-0.15, -0.1) is 0 Å². The summed E-state index contributed by atoms with van der Waals surface area (Å²) in [4.78, 5) is 36.1. The summed E-state index contributed by atoms with van der Waals surface area (Å²) in [5.41, 5.74) is 3.44. The average Bonchev–Trinajstić information content (AvgIpc) is 2.75. The molecule has 0 aromatic heterocycles. The molecule has 2 aromatic rings. The first-order chi connectivity index (χ1) is 14.9. The second kappa shape index (κ2) is 10.0. The zero-order valence-corrected chi connectivity index (χ0v) is 17.6. The molecule has 3 amide bonds. The van der Waals surface area contributed by atoms with E-state index in [2.05, 4.69) is 21.5 Å². The minimum Gasteiger partial charge on any atom is -0.448 e. The third-order valence-electron chi connectivity index (χ3n) is 4.34. The monoisotopic (exact) mass is 452 g/mol. The van der Waals surface area contributed by atoms with E-state index in [1.807, 2.05) is 0 Å². The fraction of sp³-hybridized carbons (Fsp3) is 0.286. The van der Waals surface area contributed by atoms with Crippen molar-refractivity contribution in [3.05, 3.63) is 59.7 Å². The molecule has 0 radical (unpaired) electrons. The van der Waals surface area contributed by atoms with Gasteiger partial charge in [0.2, 0.25) is 5.91 Å². The molecule has 0 aliphatic rings. The van der Waals surface area contributed by atoms with E-state index in [9.17, 15) is 27.6 Å². The number of halogens is 3. The van der Waals surface area contributed by atoms with E-state index in [1.165, 1.54) is 39.1 Å². The number of benzene rings is 2. The number of rotatable bonds is 6. The highest BCUT2D eigenvalue weighted by molar-refractivity contribution is 6.01. The Balaban J connectivity index is 2.04. The number of hydrogen-bond acceptors (Lipinski definition) is 5. The molecule has 4 N–H and O–H groups in total. The maximum Gasteiger partial charge on any atom is 0.416 e. The Morgan fingerprint density at radius 3 is 2.16 bits per heavy atom. The van der Waals surface area contributed by atoms with Crippen LogP contribution >= 0.6 is 0 Å². The second-order valence-electron chi connectivity index (χ2n) is 7.36. The number of anilines is 2. The van der Waals surface area contributed by atoms with Crippen LogP contribution in [0, 0.1) is 5.41 Å². The maximum atomic E-state index is 12.7. The van der Waals surface area contributed by atoms with Gasteiger partial charge in [-0.3, -0.25) is 20.4 Å². The van der Waals surface area contributed by atoms with Crippen molar-refractivity contribution < 1.29 is 32.3 Å². The molecule has 0 spiro atoms. The highest BCUT2D eigenvalue weighted by atomic mass is 19.4. The maximum absolute atomic E-state index is 12.7. The van der Waals surface area contributed by atoms with Gasteiger partial charge in [0.15, 0.2) is 0 Å². The summed E-state index contributed by atoms with van der Waals surface area (Å²) in [6.07, 6.45) is -5.15. The minimum atomic E-state index is -4.45. The number of para-hydroxylation sites is 1. The number of alkyl halides is 3. The van der Waals surface area contributed by atoms with Gasteiger partial charge in [-0.1, -0.05) is 12.1 Å². The van der Waals surface area contributed by atoms with Crippen LogP contribution in [-0.4, -0.2) is 31.6 Å². The Labute approximate surface area is 182 Å². The number of hydrazine groups is 1. The van der Waals surface area contributed by atoms with E-state index < -0.39 is 35.1 Å². The SMILES string of the molecule is CNC(=O)OCC(C)(C)C(=O)NNC(=O)c1ccccc1Nc1ccc(C(F)(F)F)cc1. The van der Waals surface area contributed by atoms with Crippen molar-refractivity contribution in [1.82, 2.24) is 16.2 Å². The second-order valence-corrected chi connectivity index (χ2v) is 7.36. The van der Waals surface area contributed by atoms with E-state index in [-0.39, 0.29) is 12.2 Å². The highest BCUT2D eigenvalue weighted by Gasteiger charge is 2.31. The van der Waals surface area contributed by atoms with Gasteiger partial charge in [-0.05, 0) is 50.2 Å². The predicted molar refractivity (Wildman–Crippen MR) is 111 cm³/mol. The number of nitrogens with one attached hydrogen (secondary N) is 4. The summed E-state index contributed by atoms with van der Waals surface area (Å²) < 4.78 is 43.0. The first-order valence-electron chi connectivity index (χ1n) is 9.42. The Kier molecular flexibility index (Phi) is 7.68. The number of alkyl carbamates (subject to hydrolysis) is 1. The van der Waals surface area contributed by atoms with Gasteiger partial charge in [0.1, 0.15) is 6.61 Å². The van der Waals surface area contributed by atoms with Crippen LogP contribution in [0.2, 0.25) is 0 Å². The molecule has 8 nitrogen and oxygen atoms in total. The van der Waals surface area contributed by atoms with Crippen LogP contribution < -0.4 is 21.5 Å². The first kappa shape index (κ1) is 24.5. The fourth-order valence-electron chi connectivity index (χ4n) is 2.42. The summed E-state index contributed by atoms with van der Waals surface area (Å²) >= 11 is 0.